The van der Waals surface area contributed by atoms with Gasteiger partial charge in [-0.2, -0.15) is 11.8 Å². The molecule has 0 aromatic carbocycles. The Morgan fingerprint density at radius 2 is 1.95 bits per heavy atom. The van der Waals surface area contributed by atoms with E-state index in [1.165, 1.54) is 11.4 Å². The van der Waals surface area contributed by atoms with Crippen molar-refractivity contribution in [3.8, 4) is 0 Å². The molecule has 0 aromatic heterocycles. The van der Waals surface area contributed by atoms with Gasteiger partial charge in [-0.05, 0) is 25.9 Å². The van der Waals surface area contributed by atoms with Gasteiger partial charge in [0.1, 0.15) is 5.60 Å². The minimum absolute atomic E-state index is 0.0541. The van der Waals surface area contributed by atoms with Crippen LogP contribution in [0.25, 0.3) is 0 Å². The molecule has 0 saturated carbocycles. The topological polar surface area (TPSA) is 87.7 Å². The Kier molecular flexibility index (Phi) is 6.51. The summed E-state index contributed by atoms with van der Waals surface area (Å²) in [5.74, 6) is 1.42. The van der Waals surface area contributed by atoms with Crippen LogP contribution >= 0.6 is 11.8 Å². The molecule has 0 unspecified atom stereocenters. The van der Waals surface area contributed by atoms with Crippen LogP contribution in [0.4, 0.5) is 0 Å². The third-order valence-corrected chi connectivity index (χ3v) is 7.04. The van der Waals surface area contributed by atoms with Crippen LogP contribution in [-0.2, 0) is 19.6 Å². The highest BCUT2D eigenvalue weighted by atomic mass is 32.2. The van der Waals surface area contributed by atoms with Gasteiger partial charge in [0.05, 0.1) is 5.75 Å². The minimum Gasteiger partial charge on any atom is -0.368 e. The van der Waals surface area contributed by atoms with E-state index in [1.807, 2.05) is 0 Å². The maximum atomic E-state index is 12.3. The molecular formula is C13H25N3O4S2. The van der Waals surface area contributed by atoms with Gasteiger partial charge >= 0.3 is 0 Å². The van der Waals surface area contributed by atoms with E-state index in [9.17, 15) is 13.2 Å². The van der Waals surface area contributed by atoms with Gasteiger partial charge in [-0.3, -0.25) is 4.79 Å². The lowest BCUT2D eigenvalue weighted by Crippen LogP contribution is -2.55. The summed E-state index contributed by atoms with van der Waals surface area (Å²) in [6.45, 7) is 2.71. The molecule has 0 radical (unpaired) electrons. The molecule has 1 amide bonds. The van der Waals surface area contributed by atoms with Crippen molar-refractivity contribution in [3.05, 3.63) is 0 Å². The fourth-order valence-corrected chi connectivity index (χ4v) is 5.25. The first-order valence-corrected chi connectivity index (χ1v) is 10.4. The quantitative estimate of drug-likeness (QED) is 0.655. The Bertz CT molecular complexity index is 472. The van der Waals surface area contributed by atoms with Crippen molar-refractivity contribution in [1.82, 2.24) is 14.9 Å². The Hall–Kier alpha value is -0.350. The molecule has 22 heavy (non-hydrogen) atoms. The highest BCUT2D eigenvalue weighted by Gasteiger charge is 2.39. The first kappa shape index (κ1) is 18.0. The number of hydrogen-bond acceptors (Lipinski definition) is 6. The summed E-state index contributed by atoms with van der Waals surface area (Å²) in [6.07, 6.45) is 1.21. The molecule has 2 saturated heterocycles. The van der Waals surface area contributed by atoms with Gasteiger partial charge in [0, 0.05) is 38.2 Å². The van der Waals surface area contributed by atoms with Crippen LogP contribution in [0.15, 0.2) is 0 Å². The summed E-state index contributed by atoms with van der Waals surface area (Å²) in [4.78, 5) is 12.3. The lowest BCUT2D eigenvalue weighted by molar-refractivity contribution is -0.146. The normalized spacial score (nSPS) is 23.1. The van der Waals surface area contributed by atoms with Crippen molar-refractivity contribution in [2.75, 3.05) is 57.1 Å². The number of piperidine rings is 1. The summed E-state index contributed by atoms with van der Waals surface area (Å²) >= 11 is 1.77. The molecule has 0 atom stereocenters. The van der Waals surface area contributed by atoms with Gasteiger partial charge < -0.3 is 15.4 Å². The largest absolute Gasteiger partial charge is 0.368 e. The number of thioether (sulfide) groups is 1. The Morgan fingerprint density at radius 3 is 2.55 bits per heavy atom. The van der Waals surface area contributed by atoms with Crippen molar-refractivity contribution in [2.45, 2.75) is 18.4 Å². The number of ether oxygens (including phenoxy) is 1. The lowest BCUT2D eigenvalue weighted by atomic mass is 9.91. The van der Waals surface area contributed by atoms with Gasteiger partial charge in [0.2, 0.25) is 10.0 Å². The van der Waals surface area contributed by atoms with E-state index in [-0.39, 0.29) is 18.2 Å². The Labute approximate surface area is 136 Å². The van der Waals surface area contributed by atoms with Crippen molar-refractivity contribution in [1.29, 1.82) is 0 Å². The average molecular weight is 351 g/mol. The third kappa shape index (κ3) is 4.35. The number of amides is 1. The second-order valence-electron chi connectivity index (χ2n) is 5.53. The zero-order chi connectivity index (χ0) is 16.1. The van der Waals surface area contributed by atoms with E-state index in [0.717, 1.165) is 24.6 Å². The molecular weight excluding hydrogens is 326 g/mol. The fourth-order valence-electron chi connectivity index (χ4n) is 2.76. The molecule has 2 rings (SSSR count). The monoisotopic (exact) mass is 351 g/mol. The van der Waals surface area contributed by atoms with Gasteiger partial charge in [-0.15, -0.1) is 0 Å². The second kappa shape index (κ2) is 7.96. The zero-order valence-corrected chi connectivity index (χ0v) is 14.6. The van der Waals surface area contributed by atoms with Crippen molar-refractivity contribution in [3.63, 3.8) is 0 Å². The fraction of sp³-hybridized carbons (Fsp3) is 0.923. The molecule has 0 aliphatic carbocycles. The summed E-state index contributed by atoms with van der Waals surface area (Å²) in [7, 11) is -1.75. The van der Waals surface area contributed by atoms with Crippen molar-refractivity contribution in [2.24, 2.45) is 0 Å². The van der Waals surface area contributed by atoms with E-state index in [0.29, 0.717) is 25.9 Å². The molecule has 2 N–H and O–H groups in total. The van der Waals surface area contributed by atoms with Crippen LogP contribution in [-0.4, -0.2) is 81.3 Å². The molecule has 128 valence electrons. The lowest BCUT2D eigenvalue weighted by Gasteiger charge is -2.34. The van der Waals surface area contributed by atoms with Crippen LogP contribution in [0.2, 0.25) is 0 Å². The van der Waals surface area contributed by atoms with Crippen LogP contribution in [0.5, 0.6) is 0 Å². The predicted octanol–water partition coefficient (Wildman–Crippen LogP) is -0.750. The van der Waals surface area contributed by atoms with E-state index in [1.54, 1.807) is 11.8 Å². The first-order valence-electron chi connectivity index (χ1n) is 7.60. The standard InChI is InChI=1S/C13H25N3O4S2/c1-20-13(2-4-14-5-3-13)12(17)15-6-11-22(18,19)16-7-9-21-10-8-16/h14H,2-11H2,1H3,(H,15,17). The summed E-state index contributed by atoms with van der Waals surface area (Å²) in [5.41, 5.74) is -0.823. The molecule has 0 bridgehead atoms. The number of methoxy groups -OCH3 is 1. The molecule has 0 spiro atoms. The zero-order valence-electron chi connectivity index (χ0n) is 13.0. The Balaban J connectivity index is 1.83. The molecule has 0 aromatic rings. The number of rotatable bonds is 6. The van der Waals surface area contributed by atoms with Crippen LogP contribution in [0.1, 0.15) is 12.8 Å². The molecule has 2 heterocycles. The number of hydrogen-bond donors (Lipinski definition) is 2. The van der Waals surface area contributed by atoms with Gasteiger partial charge in [-0.1, -0.05) is 0 Å². The van der Waals surface area contributed by atoms with Crippen molar-refractivity contribution >= 4 is 27.7 Å². The predicted molar refractivity (Wildman–Crippen MR) is 87.5 cm³/mol. The molecule has 2 aliphatic heterocycles. The summed E-state index contributed by atoms with van der Waals surface area (Å²) in [5, 5.41) is 5.92. The van der Waals surface area contributed by atoms with E-state index in [4.69, 9.17) is 4.74 Å². The smallest absolute Gasteiger partial charge is 0.252 e. The molecule has 2 fully saturated rings. The average Bonchev–Trinajstić information content (AvgIpc) is 2.56. The highest BCUT2D eigenvalue weighted by molar-refractivity contribution is 7.99. The van der Waals surface area contributed by atoms with Gasteiger partial charge in [0.15, 0.2) is 0 Å². The van der Waals surface area contributed by atoms with E-state index < -0.39 is 15.6 Å². The Morgan fingerprint density at radius 1 is 1.32 bits per heavy atom. The van der Waals surface area contributed by atoms with E-state index in [2.05, 4.69) is 10.6 Å². The maximum Gasteiger partial charge on any atom is 0.252 e. The van der Waals surface area contributed by atoms with Crippen LogP contribution in [0, 0.1) is 0 Å². The van der Waals surface area contributed by atoms with Gasteiger partial charge in [0.25, 0.3) is 5.91 Å². The van der Waals surface area contributed by atoms with Crippen LogP contribution in [0.3, 0.4) is 0 Å². The number of sulfonamides is 1. The highest BCUT2D eigenvalue weighted by Crippen LogP contribution is 2.22. The van der Waals surface area contributed by atoms with Crippen molar-refractivity contribution < 1.29 is 17.9 Å². The van der Waals surface area contributed by atoms with Crippen LogP contribution < -0.4 is 10.6 Å². The first-order chi connectivity index (χ1) is 10.5. The minimum atomic E-state index is -3.28. The SMILES string of the molecule is COC1(C(=O)NCCS(=O)(=O)N2CCSCC2)CCNCC1. The third-order valence-electron chi connectivity index (χ3n) is 4.22. The number of nitrogens with zero attached hydrogens (tertiary/aromatic N) is 1. The number of nitrogens with one attached hydrogen (secondary N) is 2. The summed E-state index contributed by atoms with van der Waals surface area (Å²) in [6, 6.07) is 0. The molecule has 9 heteroatoms. The van der Waals surface area contributed by atoms with E-state index >= 15 is 0 Å². The second-order valence-corrected chi connectivity index (χ2v) is 8.84. The summed E-state index contributed by atoms with van der Waals surface area (Å²) < 4.78 is 31.4. The number of carbonyl (C=O) groups is 1. The number of carbonyl (C=O) groups excluding carboxylic acids is 1. The molecule has 2 aliphatic rings. The van der Waals surface area contributed by atoms with Gasteiger partial charge in [-0.25, -0.2) is 12.7 Å². The maximum absolute atomic E-state index is 12.3. The molecule has 7 nitrogen and oxygen atoms in total.